The minimum atomic E-state index is -1.22. The van der Waals surface area contributed by atoms with Crippen LogP contribution in [-0.4, -0.2) is 63.8 Å². The van der Waals surface area contributed by atoms with Crippen molar-refractivity contribution in [3.05, 3.63) is 114 Å². The highest BCUT2D eigenvalue weighted by atomic mass is 16.5. The number of nitrogens with one attached hydrogen (secondary N) is 2. The number of alkyl carbamates (subject to hydrolysis) is 1. The Morgan fingerprint density at radius 3 is 2.22 bits per heavy atom. The third-order valence-corrected chi connectivity index (χ3v) is 7.82. The SMILES string of the molecule is NC(N)=NCCC[C@H](NC(=O)[C@H](Cc1cn(Cc2ccccc2)cn1)NC(=O)OCC1c2ccccc2-c2ccccc21)C(=O)O. The van der Waals surface area contributed by atoms with Crippen molar-refractivity contribution in [1.82, 2.24) is 20.2 Å². The van der Waals surface area contributed by atoms with E-state index in [1.165, 1.54) is 0 Å². The molecule has 5 rings (SSSR count). The quantitative estimate of drug-likeness (QED) is 0.0805. The van der Waals surface area contributed by atoms with Crippen LogP contribution in [-0.2, 0) is 27.3 Å². The van der Waals surface area contributed by atoms with Gasteiger partial charge < -0.3 is 36.5 Å². The topological polar surface area (TPSA) is 187 Å². The van der Waals surface area contributed by atoms with Gasteiger partial charge in [-0.3, -0.25) is 9.79 Å². The maximum absolute atomic E-state index is 13.5. The number of imidazole rings is 1. The van der Waals surface area contributed by atoms with Crippen molar-refractivity contribution in [2.24, 2.45) is 16.5 Å². The lowest BCUT2D eigenvalue weighted by Crippen LogP contribution is -2.52. The molecule has 3 aromatic carbocycles. The summed E-state index contributed by atoms with van der Waals surface area (Å²) >= 11 is 0. The van der Waals surface area contributed by atoms with Gasteiger partial charge in [0, 0.05) is 31.6 Å². The van der Waals surface area contributed by atoms with E-state index in [9.17, 15) is 19.5 Å². The summed E-state index contributed by atoms with van der Waals surface area (Å²) in [7, 11) is 0. The molecule has 0 unspecified atom stereocenters. The number of carboxylic acids is 1. The van der Waals surface area contributed by atoms with Crippen LogP contribution in [0.25, 0.3) is 11.1 Å². The van der Waals surface area contributed by atoms with Gasteiger partial charge in [-0.25, -0.2) is 14.6 Å². The Labute approximate surface area is 266 Å². The van der Waals surface area contributed by atoms with Gasteiger partial charge in [-0.05, 0) is 40.7 Å². The van der Waals surface area contributed by atoms with Gasteiger partial charge >= 0.3 is 12.1 Å². The number of fused-ring (bicyclic) bond motifs is 3. The number of carbonyl (C=O) groups is 3. The summed E-state index contributed by atoms with van der Waals surface area (Å²) in [5.74, 6) is -2.17. The standard InChI is InChI=1S/C34H37N7O5/c35-33(36)37-16-8-15-29(32(43)44)39-31(42)30(17-23-19-41(21-38-23)18-22-9-2-1-3-10-22)40-34(45)46-20-28-26-13-6-4-11-24(26)25-12-5-7-14-27(25)28/h1-7,9-14,19,21,28-30H,8,15-18,20H2,(H,39,42)(H,40,45)(H,43,44)(H4,35,36,37)/t29-,30-/m0/s1. The second kappa shape index (κ2) is 14.9. The first-order valence-corrected chi connectivity index (χ1v) is 15.0. The summed E-state index contributed by atoms with van der Waals surface area (Å²) in [5.41, 5.74) is 16.6. The number of aliphatic imine (C=N–C) groups is 1. The first kappa shape index (κ1) is 31.8. The van der Waals surface area contributed by atoms with E-state index in [2.05, 4.69) is 20.6 Å². The Kier molecular flexibility index (Phi) is 10.3. The number of aromatic nitrogens is 2. The average molecular weight is 624 g/mol. The highest BCUT2D eigenvalue weighted by molar-refractivity contribution is 5.89. The molecule has 12 heteroatoms. The van der Waals surface area contributed by atoms with Crippen LogP contribution in [0, 0.1) is 0 Å². The maximum Gasteiger partial charge on any atom is 0.407 e. The molecule has 1 aliphatic rings. The molecular weight excluding hydrogens is 586 g/mol. The van der Waals surface area contributed by atoms with Crippen LogP contribution in [0.15, 0.2) is 96.4 Å². The number of amides is 2. The largest absolute Gasteiger partial charge is 0.480 e. The molecule has 0 saturated heterocycles. The van der Waals surface area contributed by atoms with Gasteiger partial charge in [-0.2, -0.15) is 0 Å². The summed E-state index contributed by atoms with van der Waals surface area (Å²) in [6.45, 7) is 0.839. The number of rotatable bonds is 14. The van der Waals surface area contributed by atoms with Crippen molar-refractivity contribution >= 4 is 23.9 Å². The van der Waals surface area contributed by atoms with Crippen molar-refractivity contribution in [2.45, 2.75) is 43.8 Å². The first-order valence-electron chi connectivity index (χ1n) is 15.0. The molecule has 46 heavy (non-hydrogen) atoms. The molecule has 0 spiro atoms. The Hall–Kier alpha value is -5.65. The fourth-order valence-corrected chi connectivity index (χ4v) is 5.63. The summed E-state index contributed by atoms with van der Waals surface area (Å²) < 4.78 is 7.56. The van der Waals surface area contributed by atoms with Crippen molar-refractivity contribution in [1.29, 1.82) is 0 Å². The lowest BCUT2D eigenvalue weighted by atomic mass is 9.98. The summed E-state index contributed by atoms with van der Waals surface area (Å²) in [5, 5.41) is 15.0. The number of hydrogen-bond donors (Lipinski definition) is 5. The molecule has 2 atom stereocenters. The van der Waals surface area contributed by atoms with Gasteiger partial charge in [-0.15, -0.1) is 0 Å². The van der Waals surface area contributed by atoms with Crippen molar-refractivity contribution < 1.29 is 24.2 Å². The molecule has 7 N–H and O–H groups in total. The highest BCUT2D eigenvalue weighted by Crippen LogP contribution is 2.44. The van der Waals surface area contributed by atoms with Crippen LogP contribution in [0.5, 0.6) is 0 Å². The van der Waals surface area contributed by atoms with E-state index in [1.54, 1.807) is 12.5 Å². The molecule has 1 aliphatic carbocycles. The van der Waals surface area contributed by atoms with Gasteiger partial charge in [0.15, 0.2) is 5.96 Å². The molecule has 0 bridgehead atoms. The lowest BCUT2D eigenvalue weighted by molar-refractivity contribution is -0.142. The zero-order chi connectivity index (χ0) is 32.5. The zero-order valence-corrected chi connectivity index (χ0v) is 25.2. The predicted molar refractivity (Wildman–Crippen MR) is 173 cm³/mol. The van der Waals surface area contributed by atoms with Crippen LogP contribution in [0.3, 0.4) is 0 Å². The summed E-state index contributed by atoms with van der Waals surface area (Å²) in [4.78, 5) is 46.9. The van der Waals surface area contributed by atoms with Crippen LogP contribution in [0.4, 0.5) is 4.79 Å². The molecule has 0 saturated carbocycles. The maximum atomic E-state index is 13.5. The molecule has 4 aromatic rings. The number of aliphatic carboxylic acids is 1. The molecule has 1 heterocycles. The smallest absolute Gasteiger partial charge is 0.407 e. The highest BCUT2D eigenvalue weighted by Gasteiger charge is 2.31. The Bertz CT molecular complexity index is 1660. The van der Waals surface area contributed by atoms with Gasteiger partial charge in [0.25, 0.3) is 0 Å². The van der Waals surface area contributed by atoms with E-state index in [4.69, 9.17) is 16.2 Å². The van der Waals surface area contributed by atoms with Gasteiger partial charge in [0.05, 0.1) is 12.0 Å². The van der Waals surface area contributed by atoms with E-state index in [0.717, 1.165) is 27.8 Å². The van der Waals surface area contributed by atoms with Crippen LogP contribution in [0.2, 0.25) is 0 Å². The monoisotopic (exact) mass is 623 g/mol. The predicted octanol–water partition coefficient (Wildman–Crippen LogP) is 3.00. The number of nitrogens with zero attached hydrogens (tertiary/aromatic N) is 3. The van der Waals surface area contributed by atoms with E-state index in [0.29, 0.717) is 18.7 Å². The van der Waals surface area contributed by atoms with Gasteiger partial charge in [0.1, 0.15) is 18.7 Å². The minimum absolute atomic E-state index is 0.0121. The number of carboxylic acid groups (broad SMARTS) is 1. The Morgan fingerprint density at radius 1 is 0.913 bits per heavy atom. The third kappa shape index (κ3) is 8.08. The normalized spacial score (nSPS) is 13.1. The molecule has 0 aliphatic heterocycles. The molecule has 2 amide bonds. The molecule has 238 valence electrons. The zero-order valence-electron chi connectivity index (χ0n) is 25.2. The van der Waals surface area contributed by atoms with Gasteiger partial charge in [-0.1, -0.05) is 78.9 Å². The van der Waals surface area contributed by atoms with Crippen LogP contribution >= 0.6 is 0 Å². The number of hydrogen-bond acceptors (Lipinski definition) is 6. The fraction of sp³-hybridized carbons (Fsp3) is 0.265. The number of carbonyl (C=O) groups excluding carboxylic acids is 2. The summed E-state index contributed by atoms with van der Waals surface area (Å²) in [6.07, 6.45) is 3.05. The number of ether oxygens (including phenoxy) is 1. The van der Waals surface area contributed by atoms with E-state index in [1.807, 2.05) is 83.4 Å². The summed E-state index contributed by atoms with van der Waals surface area (Å²) in [6, 6.07) is 23.4. The number of guanidine groups is 1. The molecule has 1 aromatic heterocycles. The second-order valence-corrected chi connectivity index (χ2v) is 11.1. The molecule has 12 nitrogen and oxygen atoms in total. The second-order valence-electron chi connectivity index (χ2n) is 11.1. The fourth-order valence-electron chi connectivity index (χ4n) is 5.63. The van der Waals surface area contributed by atoms with E-state index < -0.39 is 30.1 Å². The van der Waals surface area contributed by atoms with Crippen LogP contribution in [0.1, 0.15) is 41.1 Å². The van der Waals surface area contributed by atoms with Crippen molar-refractivity contribution in [3.8, 4) is 11.1 Å². The average Bonchev–Trinajstić information content (AvgIpc) is 3.62. The van der Waals surface area contributed by atoms with Crippen molar-refractivity contribution in [2.75, 3.05) is 13.2 Å². The third-order valence-electron chi connectivity index (χ3n) is 7.82. The molecular formula is C34H37N7O5. The molecule has 0 fully saturated rings. The van der Waals surface area contributed by atoms with Gasteiger partial charge in [0.2, 0.25) is 5.91 Å². The lowest BCUT2D eigenvalue weighted by Gasteiger charge is -2.21. The Balaban J connectivity index is 1.28. The first-order chi connectivity index (χ1) is 22.3. The molecule has 0 radical (unpaired) electrons. The van der Waals surface area contributed by atoms with E-state index >= 15 is 0 Å². The number of benzene rings is 3. The number of nitrogens with two attached hydrogens (primary N) is 2. The van der Waals surface area contributed by atoms with Crippen LogP contribution < -0.4 is 22.1 Å². The Morgan fingerprint density at radius 2 is 1.57 bits per heavy atom. The van der Waals surface area contributed by atoms with E-state index in [-0.39, 0.29) is 37.9 Å². The van der Waals surface area contributed by atoms with Crippen molar-refractivity contribution in [3.63, 3.8) is 0 Å². The minimum Gasteiger partial charge on any atom is -0.480 e.